The Hall–Kier alpha value is -1.71. The Morgan fingerprint density at radius 1 is 1.38 bits per heavy atom. The number of nitrogens with zero attached hydrogens (tertiary/aromatic N) is 1. The Kier molecular flexibility index (Phi) is 2.74. The second-order valence-electron chi connectivity index (χ2n) is 2.52. The first kappa shape index (κ1) is 9.38. The van der Waals surface area contributed by atoms with Crippen LogP contribution in [0.2, 0.25) is 0 Å². The summed E-state index contributed by atoms with van der Waals surface area (Å²) in [6, 6.07) is 5.04. The third-order valence-corrected chi connectivity index (χ3v) is 1.59. The van der Waals surface area contributed by atoms with Crippen LogP contribution in [0.25, 0.3) is 0 Å². The van der Waals surface area contributed by atoms with Crippen LogP contribution in [-0.4, -0.2) is 16.7 Å². The van der Waals surface area contributed by atoms with Gasteiger partial charge in [0.05, 0.1) is 0 Å². The molecule has 0 aliphatic heterocycles. The van der Waals surface area contributed by atoms with Crippen molar-refractivity contribution in [3.63, 3.8) is 0 Å². The van der Waals surface area contributed by atoms with Crippen molar-refractivity contribution in [3.8, 4) is 0 Å². The fourth-order valence-corrected chi connectivity index (χ4v) is 0.856. The van der Waals surface area contributed by atoms with Crippen LogP contribution >= 0.6 is 0 Å². The highest BCUT2D eigenvalue weighted by atomic mass is 19.1. The molecule has 1 aromatic rings. The number of hydrogen-bond acceptors (Lipinski definition) is 3. The Morgan fingerprint density at radius 2 is 1.92 bits per heavy atom. The fourth-order valence-electron chi connectivity index (χ4n) is 0.856. The van der Waals surface area contributed by atoms with Gasteiger partial charge in [-0.15, -0.1) is 0 Å². The lowest BCUT2D eigenvalue weighted by molar-refractivity contribution is 0.106. The lowest BCUT2D eigenvalue weighted by Gasteiger charge is -1.97. The van der Waals surface area contributed by atoms with Crippen molar-refractivity contribution < 1.29 is 14.4 Å². The highest BCUT2D eigenvalue weighted by molar-refractivity contribution is 6.45. The van der Waals surface area contributed by atoms with E-state index >= 15 is 0 Å². The average molecular weight is 181 g/mol. The van der Waals surface area contributed by atoms with E-state index in [-0.39, 0.29) is 5.71 Å². The van der Waals surface area contributed by atoms with Gasteiger partial charge in [-0.2, -0.15) is 0 Å². The van der Waals surface area contributed by atoms with Gasteiger partial charge in [-0.25, -0.2) is 4.39 Å². The lowest BCUT2D eigenvalue weighted by atomic mass is 10.1. The Morgan fingerprint density at radius 3 is 2.38 bits per heavy atom. The topological polar surface area (TPSA) is 49.7 Å². The van der Waals surface area contributed by atoms with Crippen LogP contribution < -0.4 is 0 Å². The highest BCUT2D eigenvalue weighted by Crippen LogP contribution is 2.04. The molecule has 0 aliphatic carbocycles. The molecule has 0 saturated heterocycles. The molecule has 0 amide bonds. The van der Waals surface area contributed by atoms with E-state index in [9.17, 15) is 9.18 Å². The number of rotatable bonds is 2. The monoisotopic (exact) mass is 181 g/mol. The van der Waals surface area contributed by atoms with Crippen LogP contribution in [0, 0.1) is 5.82 Å². The van der Waals surface area contributed by atoms with Crippen molar-refractivity contribution in [3.05, 3.63) is 35.6 Å². The predicted octanol–water partition coefficient (Wildman–Crippen LogP) is 1.86. The number of carbonyl (C=O) groups excluding carboxylic acids is 1. The summed E-state index contributed by atoms with van der Waals surface area (Å²) in [4.78, 5) is 11.3. The molecule has 0 radical (unpaired) electrons. The largest absolute Gasteiger partial charge is 0.411 e. The summed E-state index contributed by atoms with van der Waals surface area (Å²) in [5.41, 5.74) is 0.281. The van der Waals surface area contributed by atoms with Gasteiger partial charge in [0, 0.05) is 5.56 Å². The number of oxime groups is 1. The van der Waals surface area contributed by atoms with Crippen molar-refractivity contribution in [1.82, 2.24) is 0 Å². The summed E-state index contributed by atoms with van der Waals surface area (Å²) >= 11 is 0. The van der Waals surface area contributed by atoms with Crippen molar-refractivity contribution >= 4 is 11.5 Å². The highest BCUT2D eigenvalue weighted by Gasteiger charge is 2.09. The summed E-state index contributed by atoms with van der Waals surface area (Å²) < 4.78 is 12.4. The predicted molar refractivity (Wildman–Crippen MR) is 45.6 cm³/mol. The Bertz CT molecular complexity index is 343. The van der Waals surface area contributed by atoms with Gasteiger partial charge < -0.3 is 5.21 Å². The molecule has 1 rings (SSSR count). The van der Waals surface area contributed by atoms with Crippen molar-refractivity contribution in [1.29, 1.82) is 0 Å². The van der Waals surface area contributed by atoms with Crippen LogP contribution in [0.4, 0.5) is 4.39 Å². The van der Waals surface area contributed by atoms with Crippen LogP contribution in [-0.2, 0) is 0 Å². The standard InChI is InChI=1S/C9H8FNO2/c1-6(11-13)9(12)7-2-4-8(10)5-3-7/h2-5,13H,1H3/b11-6+. The molecule has 0 fully saturated rings. The van der Waals surface area contributed by atoms with Gasteiger partial charge in [0.25, 0.3) is 0 Å². The zero-order chi connectivity index (χ0) is 9.84. The van der Waals surface area contributed by atoms with E-state index in [1.54, 1.807) is 0 Å². The molecular formula is C9H8FNO2. The maximum absolute atomic E-state index is 12.4. The minimum absolute atomic E-state index is 0.0217. The summed E-state index contributed by atoms with van der Waals surface area (Å²) in [5.74, 6) is -0.822. The average Bonchev–Trinajstić information content (AvgIpc) is 2.17. The van der Waals surface area contributed by atoms with E-state index in [1.165, 1.54) is 31.2 Å². The van der Waals surface area contributed by atoms with E-state index in [0.717, 1.165) is 0 Å². The molecule has 0 bridgehead atoms. The van der Waals surface area contributed by atoms with E-state index in [4.69, 9.17) is 5.21 Å². The van der Waals surface area contributed by atoms with Crippen LogP contribution in [0.1, 0.15) is 17.3 Å². The van der Waals surface area contributed by atoms with Gasteiger partial charge >= 0.3 is 0 Å². The van der Waals surface area contributed by atoms with Crippen LogP contribution in [0.5, 0.6) is 0 Å². The number of ketones is 1. The second-order valence-corrected chi connectivity index (χ2v) is 2.52. The molecule has 1 aromatic carbocycles. The number of hydrogen-bond donors (Lipinski definition) is 1. The van der Waals surface area contributed by atoms with E-state index in [0.29, 0.717) is 5.56 Å². The van der Waals surface area contributed by atoms with Crippen molar-refractivity contribution in [2.75, 3.05) is 0 Å². The minimum atomic E-state index is -0.414. The molecule has 0 aliphatic rings. The summed E-state index contributed by atoms with van der Waals surface area (Å²) in [5, 5.41) is 11.1. The summed E-state index contributed by atoms with van der Waals surface area (Å²) in [6.07, 6.45) is 0. The fraction of sp³-hybridized carbons (Fsp3) is 0.111. The van der Waals surface area contributed by atoms with Gasteiger partial charge in [0.1, 0.15) is 11.5 Å². The molecule has 68 valence electrons. The minimum Gasteiger partial charge on any atom is -0.411 e. The van der Waals surface area contributed by atoms with Gasteiger partial charge in [-0.05, 0) is 31.2 Å². The SMILES string of the molecule is C/C(=N\O)C(=O)c1ccc(F)cc1. The molecule has 0 aromatic heterocycles. The molecule has 0 spiro atoms. The van der Waals surface area contributed by atoms with Gasteiger partial charge in [-0.3, -0.25) is 4.79 Å². The third kappa shape index (κ3) is 2.11. The Balaban J connectivity index is 2.97. The third-order valence-electron chi connectivity index (χ3n) is 1.59. The van der Waals surface area contributed by atoms with Crippen LogP contribution in [0.3, 0.4) is 0 Å². The zero-order valence-electron chi connectivity index (χ0n) is 6.99. The van der Waals surface area contributed by atoms with Crippen LogP contribution in [0.15, 0.2) is 29.4 Å². The second kappa shape index (κ2) is 3.80. The van der Waals surface area contributed by atoms with E-state index < -0.39 is 11.6 Å². The van der Waals surface area contributed by atoms with E-state index in [1.807, 2.05) is 0 Å². The van der Waals surface area contributed by atoms with Gasteiger partial charge in [0.15, 0.2) is 0 Å². The maximum atomic E-state index is 12.4. The van der Waals surface area contributed by atoms with E-state index in [2.05, 4.69) is 5.16 Å². The molecule has 0 saturated carbocycles. The zero-order valence-corrected chi connectivity index (χ0v) is 6.99. The summed E-state index contributed by atoms with van der Waals surface area (Å²) in [6.45, 7) is 1.38. The molecule has 3 nitrogen and oxygen atoms in total. The quantitative estimate of drug-likeness (QED) is 0.327. The molecule has 0 unspecified atom stereocenters. The first-order valence-electron chi connectivity index (χ1n) is 3.64. The Labute approximate surface area is 74.5 Å². The molecule has 0 heterocycles. The number of benzene rings is 1. The van der Waals surface area contributed by atoms with Crippen molar-refractivity contribution in [2.24, 2.45) is 5.16 Å². The first-order valence-corrected chi connectivity index (χ1v) is 3.64. The normalized spacial score (nSPS) is 11.4. The molecule has 0 atom stereocenters. The number of carbonyl (C=O) groups is 1. The van der Waals surface area contributed by atoms with Crippen molar-refractivity contribution in [2.45, 2.75) is 6.92 Å². The molecule has 4 heteroatoms. The molecular weight excluding hydrogens is 173 g/mol. The molecule has 1 N–H and O–H groups in total. The summed E-state index contributed by atoms with van der Waals surface area (Å²) in [7, 11) is 0. The van der Waals surface area contributed by atoms with Gasteiger partial charge in [0.2, 0.25) is 5.78 Å². The maximum Gasteiger partial charge on any atom is 0.210 e. The molecule has 13 heavy (non-hydrogen) atoms. The first-order chi connectivity index (χ1) is 6.15. The van der Waals surface area contributed by atoms with Gasteiger partial charge in [-0.1, -0.05) is 5.16 Å². The number of Topliss-reactive ketones (excluding diaryl/α,β-unsaturated/α-hetero) is 1. The lowest BCUT2D eigenvalue weighted by Crippen LogP contribution is -2.10. The number of halogens is 1. The smallest absolute Gasteiger partial charge is 0.210 e.